The topological polar surface area (TPSA) is 102 Å². The van der Waals surface area contributed by atoms with Crippen molar-refractivity contribution in [1.29, 1.82) is 0 Å². The minimum atomic E-state index is -0.139. The van der Waals surface area contributed by atoms with Crippen LogP contribution < -0.4 is 10.1 Å². The summed E-state index contributed by atoms with van der Waals surface area (Å²) in [5, 5.41) is 2.97. The molecule has 0 atom stereocenters. The molecule has 1 N–H and O–H groups in total. The molecule has 4 amide bonds. The predicted molar refractivity (Wildman–Crippen MR) is 211 cm³/mol. The van der Waals surface area contributed by atoms with Crippen molar-refractivity contribution in [2.75, 3.05) is 59.5 Å². The fraction of sp³-hybridized carbons (Fsp3) is 0.371. The zero-order chi connectivity index (χ0) is 35.6. The summed E-state index contributed by atoms with van der Waals surface area (Å²) in [4.78, 5) is 59.6. The highest BCUT2D eigenvalue weighted by Crippen LogP contribution is 2.34. The maximum Gasteiger partial charge on any atom is 0.266 e. The molecule has 0 unspecified atom stereocenters. The Kier molecular flexibility index (Phi) is 14.1. The molecule has 3 fully saturated rings. The Balaban J connectivity index is 0.941. The van der Waals surface area contributed by atoms with Gasteiger partial charge >= 0.3 is 0 Å². The molecule has 3 saturated heterocycles. The van der Waals surface area contributed by atoms with Gasteiger partial charge in [0.05, 0.1) is 16.9 Å². The Morgan fingerprint density at radius 2 is 1.42 bits per heavy atom. The van der Waals surface area contributed by atoms with Crippen LogP contribution in [0.4, 0.5) is 0 Å². The summed E-state index contributed by atoms with van der Waals surface area (Å²) in [6.45, 7) is 4.71. The second-order valence-electron chi connectivity index (χ2n) is 11.8. The second-order valence-corrected chi connectivity index (χ2v) is 16.0. The number of ether oxygens (including phenoxy) is 1. The van der Waals surface area contributed by atoms with Gasteiger partial charge in [0.25, 0.3) is 11.8 Å². The van der Waals surface area contributed by atoms with Gasteiger partial charge in [0, 0.05) is 69.7 Å². The number of hydrogen-bond donors (Lipinski definition) is 1. The third-order valence-corrected chi connectivity index (χ3v) is 11.6. The van der Waals surface area contributed by atoms with Gasteiger partial charge in [-0.1, -0.05) is 88.2 Å². The smallest absolute Gasteiger partial charge is 0.266 e. The van der Waals surface area contributed by atoms with Crippen LogP contribution in [0.15, 0.2) is 62.8 Å². The van der Waals surface area contributed by atoms with Crippen molar-refractivity contribution in [2.24, 2.45) is 0 Å². The van der Waals surface area contributed by atoms with Gasteiger partial charge in [-0.05, 0) is 60.4 Å². The molecule has 15 heteroatoms. The number of nitrogens with one attached hydrogen (secondary N) is 1. The van der Waals surface area contributed by atoms with Gasteiger partial charge in [-0.3, -0.25) is 33.9 Å². The van der Waals surface area contributed by atoms with Crippen LogP contribution in [0.3, 0.4) is 0 Å². The minimum absolute atomic E-state index is 0.0637. The second kappa shape index (κ2) is 18.4. The maximum atomic E-state index is 13.0. The molecule has 3 aliphatic rings. The van der Waals surface area contributed by atoms with Crippen molar-refractivity contribution >= 4 is 108 Å². The molecule has 10 nitrogen and oxygen atoms in total. The van der Waals surface area contributed by atoms with E-state index in [0.29, 0.717) is 89.2 Å². The number of amides is 4. The van der Waals surface area contributed by atoms with Crippen molar-refractivity contribution in [3.8, 4) is 5.75 Å². The molecule has 0 aliphatic carbocycles. The lowest BCUT2D eigenvalue weighted by Crippen LogP contribution is -2.50. The van der Waals surface area contributed by atoms with Crippen LogP contribution in [0.25, 0.3) is 12.2 Å². The highest BCUT2D eigenvalue weighted by atomic mass is 79.9. The number of thioether (sulfide) groups is 2. The molecule has 0 saturated carbocycles. The summed E-state index contributed by atoms with van der Waals surface area (Å²) < 4.78 is 7.21. The molecule has 264 valence electrons. The lowest BCUT2D eigenvalue weighted by Gasteiger charge is -2.34. The van der Waals surface area contributed by atoms with Gasteiger partial charge in [0.15, 0.2) is 0 Å². The van der Waals surface area contributed by atoms with E-state index >= 15 is 0 Å². The molecule has 0 aromatic heterocycles. The molecule has 0 bridgehead atoms. The van der Waals surface area contributed by atoms with Crippen molar-refractivity contribution < 1.29 is 23.9 Å². The highest BCUT2D eigenvalue weighted by molar-refractivity contribution is 9.10. The monoisotopic (exact) mass is 815 g/mol. The average Bonchev–Trinajstić information content (AvgIpc) is 3.52. The van der Waals surface area contributed by atoms with E-state index < -0.39 is 0 Å². The van der Waals surface area contributed by atoms with Crippen LogP contribution in [-0.4, -0.2) is 111 Å². The van der Waals surface area contributed by atoms with Gasteiger partial charge in [-0.2, -0.15) is 0 Å². The van der Waals surface area contributed by atoms with Crippen LogP contribution in [-0.2, 0) is 19.2 Å². The first-order valence-electron chi connectivity index (χ1n) is 16.3. The summed E-state index contributed by atoms with van der Waals surface area (Å²) in [6.07, 6.45) is 5.34. The van der Waals surface area contributed by atoms with E-state index in [4.69, 9.17) is 29.2 Å². The average molecular weight is 817 g/mol. The van der Waals surface area contributed by atoms with E-state index in [0.717, 1.165) is 28.7 Å². The summed E-state index contributed by atoms with van der Waals surface area (Å²) in [5.74, 6) is 0.452. The van der Waals surface area contributed by atoms with Crippen LogP contribution in [0.5, 0.6) is 5.75 Å². The van der Waals surface area contributed by atoms with E-state index in [1.54, 1.807) is 16.9 Å². The van der Waals surface area contributed by atoms with Gasteiger partial charge in [0.1, 0.15) is 14.4 Å². The third-order valence-electron chi connectivity index (χ3n) is 8.32. The number of benzene rings is 2. The SMILES string of the molecule is COc1cccc(/C=C2\SC(=S)N(CCCC(=O)N3CCN(CCNC(=O)CCCN4C(=O)/C(=C/c5cccc(Br)c5)SC4=S)CC3)C2=O)c1. The lowest BCUT2D eigenvalue weighted by molar-refractivity contribution is -0.133. The maximum absolute atomic E-state index is 13.0. The molecule has 2 aromatic rings. The highest BCUT2D eigenvalue weighted by Gasteiger charge is 2.33. The van der Waals surface area contributed by atoms with E-state index in [9.17, 15) is 19.2 Å². The Hall–Kier alpha value is -3.08. The number of carbonyl (C=O) groups is 4. The fourth-order valence-corrected chi connectivity index (χ4v) is 8.66. The summed E-state index contributed by atoms with van der Waals surface area (Å²) in [6, 6.07) is 15.2. The van der Waals surface area contributed by atoms with E-state index in [1.165, 1.54) is 23.5 Å². The largest absolute Gasteiger partial charge is 0.497 e. The number of halogens is 1. The first-order valence-corrected chi connectivity index (χ1v) is 19.5. The van der Waals surface area contributed by atoms with Crippen molar-refractivity contribution in [3.05, 3.63) is 73.9 Å². The minimum Gasteiger partial charge on any atom is -0.497 e. The zero-order valence-corrected chi connectivity index (χ0v) is 32.5. The summed E-state index contributed by atoms with van der Waals surface area (Å²) >= 11 is 16.9. The van der Waals surface area contributed by atoms with Crippen LogP contribution >= 0.6 is 63.9 Å². The molecular weight excluding hydrogens is 779 g/mol. The van der Waals surface area contributed by atoms with Gasteiger partial charge in [-0.15, -0.1) is 0 Å². The zero-order valence-electron chi connectivity index (χ0n) is 27.6. The molecule has 0 radical (unpaired) electrons. The number of piperazine rings is 1. The van der Waals surface area contributed by atoms with Crippen LogP contribution in [0.2, 0.25) is 0 Å². The number of nitrogens with zero attached hydrogens (tertiary/aromatic N) is 4. The van der Waals surface area contributed by atoms with Crippen molar-refractivity contribution in [2.45, 2.75) is 25.7 Å². The summed E-state index contributed by atoms with van der Waals surface area (Å²) in [5.41, 5.74) is 1.77. The molecule has 0 spiro atoms. The normalized spacial score (nSPS) is 18.6. The fourth-order valence-electron chi connectivity index (χ4n) is 5.62. The first kappa shape index (κ1) is 38.2. The first-order chi connectivity index (χ1) is 24.1. The Bertz CT molecular complexity index is 1710. The van der Waals surface area contributed by atoms with E-state index in [2.05, 4.69) is 26.1 Å². The molecule has 50 heavy (non-hydrogen) atoms. The van der Waals surface area contributed by atoms with Crippen molar-refractivity contribution in [1.82, 2.24) is 24.9 Å². The summed E-state index contributed by atoms with van der Waals surface area (Å²) in [7, 11) is 1.60. The van der Waals surface area contributed by atoms with E-state index in [1.807, 2.05) is 65.6 Å². The van der Waals surface area contributed by atoms with Crippen molar-refractivity contribution in [3.63, 3.8) is 0 Å². The third kappa shape index (κ3) is 10.5. The quantitative estimate of drug-likeness (QED) is 0.198. The molecule has 3 heterocycles. The Labute approximate surface area is 320 Å². The number of rotatable bonds is 14. The Morgan fingerprint density at radius 3 is 2.02 bits per heavy atom. The van der Waals surface area contributed by atoms with Gasteiger partial charge in [0.2, 0.25) is 11.8 Å². The van der Waals surface area contributed by atoms with E-state index in [-0.39, 0.29) is 23.6 Å². The molecule has 5 rings (SSSR count). The number of methoxy groups -OCH3 is 1. The number of hydrogen-bond acceptors (Lipinski definition) is 10. The molecule has 3 aliphatic heterocycles. The standard InChI is InChI=1S/C35H38BrN5O5S4/c1-46-27-9-3-7-25(21-27)23-29-33(45)41(35(48)50-29)14-5-11-31(43)39-18-16-38(17-19-39)15-12-37-30(42)10-4-13-40-32(44)28(49-34(40)47)22-24-6-2-8-26(36)20-24/h2-3,6-9,20-23H,4-5,10-19H2,1H3,(H,37,42)/b28-22-,29-23-. The van der Waals surface area contributed by atoms with Gasteiger partial charge in [-0.25, -0.2) is 0 Å². The molecular formula is C35H38BrN5O5S4. The predicted octanol–water partition coefficient (Wildman–Crippen LogP) is 5.38. The number of thiocarbonyl (C=S) groups is 2. The Morgan fingerprint density at radius 1 is 0.840 bits per heavy atom. The van der Waals surface area contributed by atoms with Crippen LogP contribution in [0, 0.1) is 0 Å². The van der Waals surface area contributed by atoms with Crippen LogP contribution in [0.1, 0.15) is 36.8 Å². The lowest BCUT2D eigenvalue weighted by atomic mass is 10.2. The number of carbonyl (C=O) groups excluding carboxylic acids is 4. The van der Waals surface area contributed by atoms with Gasteiger partial charge < -0.3 is 15.0 Å². The molecule has 2 aromatic carbocycles.